The van der Waals surface area contributed by atoms with Crippen molar-refractivity contribution in [2.24, 2.45) is 0 Å². The van der Waals surface area contributed by atoms with Crippen LogP contribution < -0.4 is 10.1 Å². The zero-order chi connectivity index (χ0) is 22.5. The molecule has 0 unspecified atom stereocenters. The number of thiazole rings is 1. The van der Waals surface area contributed by atoms with Gasteiger partial charge in [0.2, 0.25) is 11.1 Å². The molecular formula is C20H16Cl2N6O2S2. The third kappa shape index (κ3) is 5.57. The van der Waals surface area contributed by atoms with Crippen LogP contribution in [0.15, 0.2) is 53.8 Å². The number of hydrogen-bond donors (Lipinski definition) is 1. The summed E-state index contributed by atoms with van der Waals surface area (Å²) < 4.78 is 6.72. The summed E-state index contributed by atoms with van der Waals surface area (Å²) in [4.78, 5) is 17.6. The van der Waals surface area contributed by atoms with Gasteiger partial charge in [0.25, 0.3) is 0 Å². The summed E-state index contributed by atoms with van der Waals surface area (Å²) in [6.45, 7) is 0. The van der Waals surface area contributed by atoms with Gasteiger partial charge in [-0.15, -0.1) is 16.4 Å². The molecule has 0 fully saturated rings. The molecule has 0 bridgehead atoms. The first-order valence-electron chi connectivity index (χ1n) is 9.26. The van der Waals surface area contributed by atoms with Crippen molar-refractivity contribution in [3.05, 3.63) is 69.1 Å². The molecule has 2 aromatic carbocycles. The number of hydrogen-bond acceptors (Lipinski definition) is 8. The highest BCUT2D eigenvalue weighted by Gasteiger charge is 2.14. The van der Waals surface area contributed by atoms with Crippen molar-refractivity contribution >= 4 is 57.3 Å². The van der Waals surface area contributed by atoms with E-state index < -0.39 is 0 Å². The number of carbonyl (C=O) groups is 1. The van der Waals surface area contributed by atoms with Crippen LogP contribution in [-0.4, -0.2) is 44.0 Å². The van der Waals surface area contributed by atoms with Gasteiger partial charge in [0.1, 0.15) is 5.75 Å². The molecule has 0 aliphatic rings. The number of benzene rings is 2. The first-order valence-corrected chi connectivity index (χ1v) is 11.8. The summed E-state index contributed by atoms with van der Waals surface area (Å²) in [5.74, 6) is 0.655. The Labute approximate surface area is 201 Å². The average molecular weight is 507 g/mol. The summed E-state index contributed by atoms with van der Waals surface area (Å²) in [5.41, 5.74) is 1.67. The molecule has 1 N–H and O–H groups in total. The van der Waals surface area contributed by atoms with Crippen LogP contribution in [-0.2, 0) is 11.2 Å². The molecule has 32 heavy (non-hydrogen) atoms. The summed E-state index contributed by atoms with van der Waals surface area (Å²) in [5, 5.41) is 16.8. The van der Waals surface area contributed by atoms with Crippen LogP contribution in [0, 0.1) is 0 Å². The van der Waals surface area contributed by atoms with E-state index in [-0.39, 0.29) is 11.7 Å². The van der Waals surface area contributed by atoms with Crippen molar-refractivity contribution in [1.82, 2.24) is 25.2 Å². The minimum Gasteiger partial charge on any atom is -0.497 e. The van der Waals surface area contributed by atoms with Crippen LogP contribution in [0.1, 0.15) is 10.4 Å². The minimum atomic E-state index is -0.207. The lowest BCUT2D eigenvalue weighted by Crippen LogP contribution is -2.14. The third-order valence-electron chi connectivity index (χ3n) is 4.26. The van der Waals surface area contributed by atoms with Crippen molar-refractivity contribution < 1.29 is 9.53 Å². The van der Waals surface area contributed by atoms with Gasteiger partial charge in [-0.3, -0.25) is 4.79 Å². The van der Waals surface area contributed by atoms with E-state index in [1.807, 2.05) is 30.3 Å². The predicted octanol–water partition coefficient (Wildman–Crippen LogP) is 4.76. The lowest BCUT2D eigenvalue weighted by molar-refractivity contribution is -0.113. The summed E-state index contributed by atoms with van der Waals surface area (Å²) >= 11 is 14.9. The first kappa shape index (κ1) is 22.5. The highest BCUT2D eigenvalue weighted by molar-refractivity contribution is 7.99. The molecule has 8 nitrogen and oxygen atoms in total. The normalized spacial score (nSPS) is 10.8. The van der Waals surface area contributed by atoms with Crippen molar-refractivity contribution in [3.8, 4) is 11.4 Å². The van der Waals surface area contributed by atoms with Gasteiger partial charge in [0.05, 0.1) is 18.6 Å². The fraction of sp³-hybridized carbons (Fsp3) is 0.150. The SMILES string of the molecule is COc1ccc(-n2nnnc2SCC(=O)Nc2ncc(Cc3cc(Cl)ccc3Cl)s2)cc1. The van der Waals surface area contributed by atoms with Gasteiger partial charge in [-0.2, -0.15) is 4.68 Å². The number of halogens is 2. The van der Waals surface area contributed by atoms with Gasteiger partial charge in [-0.05, 0) is 58.5 Å². The van der Waals surface area contributed by atoms with E-state index in [0.29, 0.717) is 26.8 Å². The Hall–Kier alpha value is -2.66. The predicted molar refractivity (Wildman–Crippen MR) is 126 cm³/mol. The van der Waals surface area contributed by atoms with Gasteiger partial charge >= 0.3 is 0 Å². The molecular weight excluding hydrogens is 491 g/mol. The van der Waals surface area contributed by atoms with Crippen molar-refractivity contribution in [1.29, 1.82) is 0 Å². The molecule has 0 saturated heterocycles. The standard InChI is InChI=1S/C20H16Cl2N6O2S2/c1-30-15-5-3-14(4-6-15)28-20(25-26-27-28)31-11-18(29)24-19-23-10-16(32-19)9-12-8-13(21)2-7-17(12)22/h2-8,10H,9,11H2,1H3,(H,23,24,29). The van der Waals surface area contributed by atoms with E-state index >= 15 is 0 Å². The van der Waals surface area contributed by atoms with Crippen LogP contribution in [0.3, 0.4) is 0 Å². The molecule has 4 rings (SSSR count). The van der Waals surface area contributed by atoms with Crippen LogP contribution in [0.5, 0.6) is 5.75 Å². The Kier molecular flexibility index (Phi) is 7.26. The number of anilines is 1. The van der Waals surface area contributed by atoms with Crippen molar-refractivity contribution in [2.45, 2.75) is 11.6 Å². The second-order valence-corrected chi connectivity index (χ2v) is 9.35. The highest BCUT2D eigenvalue weighted by atomic mass is 35.5. The molecule has 2 heterocycles. The van der Waals surface area contributed by atoms with Gasteiger partial charge in [-0.1, -0.05) is 35.0 Å². The maximum absolute atomic E-state index is 12.4. The number of amides is 1. The fourth-order valence-corrected chi connectivity index (χ4v) is 4.67. The average Bonchev–Trinajstić information content (AvgIpc) is 3.44. The molecule has 2 aromatic heterocycles. The zero-order valence-electron chi connectivity index (χ0n) is 16.7. The van der Waals surface area contributed by atoms with Crippen molar-refractivity contribution in [3.63, 3.8) is 0 Å². The Morgan fingerprint density at radius 3 is 2.81 bits per heavy atom. The molecule has 0 aliphatic heterocycles. The van der Waals surface area contributed by atoms with Crippen LogP contribution >= 0.6 is 46.3 Å². The van der Waals surface area contributed by atoms with E-state index in [1.54, 1.807) is 30.1 Å². The highest BCUT2D eigenvalue weighted by Crippen LogP contribution is 2.27. The number of methoxy groups -OCH3 is 1. The van der Waals surface area contributed by atoms with Crippen molar-refractivity contribution in [2.75, 3.05) is 18.2 Å². The lowest BCUT2D eigenvalue weighted by atomic mass is 10.1. The molecule has 0 aliphatic carbocycles. The van der Waals surface area contributed by atoms with Gasteiger partial charge < -0.3 is 10.1 Å². The molecule has 0 atom stereocenters. The van der Waals surface area contributed by atoms with Gasteiger partial charge in [0, 0.05) is 27.5 Å². The Balaban J connectivity index is 1.34. The number of nitrogens with one attached hydrogen (secondary N) is 1. The van der Waals surface area contributed by atoms with E-state index in [4.69, 9.17) is 27.9 Å². The number of thioether (sulfide) groups is 1. The summed E-state index contributed by atoms with van der Waals surface area (Å²) in [7, 11) is 1.60. The van der Waals surface area contributed by atoms with E-state index in [0.717, 1.165) is 21.9 Å². The van der Waals surface area contributed by atoms with Gasteiger partial charge in [-0.25, -0.2) is 4.98 Å². The minimum absolute atomic E-state index is 0.131. The summed E-state index contributed by atoms with van der Waals surface area (Å²) in [6, 6.07) is 12.6. The molecule has 12 heteroatoms. The van der Waals surface area contributed by atoms with E-state index in [9.17, 15) is 4.79 Å². The van der Waals surface area contributed by atoms with Crippen LogP contribution in [0.25, 0.3) is 5.69 Å². The number of carbonyl (C=O) groups excluding carboxylic acids is 1. The Morgan fingerprint density at radius 2 is 2.03 bits per heavy atom. The van der Waals surface area contributed by atoms with Gasteiger partial charge in [0.15, 0.2) is 5.13 Å². The monoisotopic (exact) mass is 506 g/mol. The second-order valence-electron chi connectivity index (χ2n) is 6.45. The number of nitrogens with zero attached hydrogens (tertiary/aromatic N) is 5. The van der Waals surface area contributed by atoms with Crippen LogP contribution in [0.4, 0.5) is 5.13 Å². The Morgan fingerprint density at radius 1 is 1.22 bits per heavy atom. The quantitative estimate of drug-likeness (QED) is 0.344. The number of rotatable bonds is 8. The van der Waals surface area contributed by atoms with E-state index in [2.05, 4.69) is 25.8 Å². The van der Waals surface area contributed by atoms with Crippen LogP contribution in [0.2, 0.25) is 10.0 Å². The number of aromatic nitrogens is 5. The molecule has 1 amide bonds. The second kappa shape index (κ2) is 10.3. The number of ether oxygens (including phenoxy) is 1. The maximum atomic E-state index is 12.4. The molecule has 0 saturated carbocycles. The Bertz CT molecular complexity index is 1230. The third-order valence-corrected chi connectivity index (χ3v) is 6.70. The largest absolute Gasteiger partial charge is 0.497 e. The van der Waals surface area contributed by atoms with E-state index in [1.165, 1.54) is 23.1 Å². The molecule has 164 valence electrons. The molecule has 4 aromatic rings. The number of tetrazole rings is 1. The lowest BCUT2D eigenvalue weighted by Gasteiger charge is -2.05. The zero-order valence-corrected chi connectivity index (χ0v) is 19.8. The maximum Gasteiger partial charge on any atom is 0.236 e. The smallest absolute Gasteiger partial charge is 0.236 e. The first-order chi connectivity index (χ1) is 15.5. The molecule has 0 radical (unpaired) electrons. The fourth-order valence-electron chi connectivity index (χ4n) is 2.75. The topological polar surface area (TPSA) is 94.8 Å². The summed E-state index contributed by atoms with van der Waals surface area (Å²) in [6.07, 6.45) is 2.30. The molecule has 0 spiro atoms.